The van der Waals surface area contributed by atoms with Gasteiger partial charge in [-0.15, -0.1) is 11.3 Å². The first kappa shape index (κ1) is 13.3. The average molecular weight is 276 g/mol. The first-order valence-corrected chi connectivity index (χ1v) is 6.35. The molecule has 0 radical (unpaired) electrons. The Hall–Kier alpha value is -2.14. The van der Waals surface area contributed by atoms with E-state index in [1.165, 1.54) is 25.6 Å². The molecule has 0 saturated heterocycles. The monoisotopic (exact) mass is 276 g/mol. The maximum absolute atomic E-state index is 11.7. The molecule has 4 nitrogen and oxygen atoms in total. The third-order valence-electron chi connectivity index (χ3n) is 2.57. The van der Waals surface area contributed by atoms with Crippen LogP contribution in [0.2, 0.25) is 0 Å². The lowest BCUT2D eigenvalue weighted by Crippen LogP contribution is -2.08. The van der Waals surface area contributed by atoms with Crippen molar-refractivity contribution < 1.29 is 19.1 Å². The largest absolute Gasteiger partial charge is 0.465 e. The molecule has 0 aliphatic carbocycles. The average Bonchev–Trinajstić information content (AvgIpc) is 2.91. The molecule has 0 atom stereocenters. The molecule has 0 spiro atoms. The molecule has 0 amide bonds. The van der Waals surface area contributed by atoms with Crippen LogP contribution >= 0.6 is 11.3 Å². The Morgan fingerprint density at radius 3 is 2.21 bits per heavy atom. The van der Waals surface area contributed by atoms with E-state index in [1.54, 1.807) is 6.07 Å². The zero-order chi connectivity index (χ0) is 13.8. The molecule has 0 aliphatic heterocycles. The standard InChI is InChI=1S/C14H12O4S/c1-17-13(15)10-8-11(9-6-4-3-5-7-9)19-12(10)14(16)18-2/h3-8H,1-2H3. The van der Waals surface area contributed by atoms with E-state index in [0.717, 1.165) is 10.4 Å². The van der Waals surface area contributed by atoms with Crippen LogP contribution < -0.4 is 0 Å². The summed E-state index contributed by atoms with van der Waals surface area (Å²) in [6.07, 6.45) is 0. The Kier molecular flexibility index (Phi) is 3.97. The molecular formula is C14H12O4S. The Morgan fingerprint density at radius 2 is 1.63 bits per heavy atom. The number of rotatable bonds is 3. The van der Waals surface area contributed by atoms with E-state index in [2.05, 4.69) is 9.47 Å². The number of esters is 2. The Balaban J connectivity index is 2.52. The van der Waals surface area contributed by atoms with Gasteiger partial charge in [0.15, 0.2) is 0 Å². The van der Waals surface area contributed by atoms with E-state index in [1.807, 2.05) is 30.3 Å². The molecule has 5 heteroatoms. The van der Waals surface area contributed by atoms with Crippen LogP contribution in [0.4, 0.5) is 0 Å². The van der Waals surface area contributed by atoms with Crippen molar-refractivity contribution in [2.45, 2.75) is 0 Å². The predicted molar refractivity (Wildman–Crippen MR) is 72.4 cm³/mol. The molecule has 0 aliphatic rings. The van der Waals surface area contributed by atoms with Crippen LogP contribution in [0.25, 0.3) is 10.4 Å². The van der Waals surface area contributed by atoms with Gasteiger partial charge in [0, 0.05) is 4.88 Å². The first-order chi connectivity index (χ1) is 9.17. The quantitative estimate of drug-likeness (QED) is 0.809. The van der Waals surface area contributed by atoms with Crippen molar-refractivity contribution >= 4 is 23.3 Å². The summed E-state index contributed by atoms with van der Waals surface area (Å²) in [6.45, 7) is 0. The molecule has 0 bridgehead atoms. The summed E-state index contributed by atoms with van der Waals surface area (Å²) < 4.78 is 9.37. The molecule has 1 aromatic carbocycles. The summed E-state index contributed by atoms with van der Waals surface area (Å²) >= 11 is 1.21. The highest BCUT2D eigenvalue weighted by atomic mass is 32.1. The van der Waals surface area contributed by atoms with E-state index < -0.39 is 11.9 Å². The van der Waals surface area contributed by atoms with Gasteiger partial charge in [-0.3, -0.25) is 0 Å². The first-order valence-electron chi connectivity index (χ1n) is 5.53. The van der Waals surface area contributed by atoms with Gasteiger partial charge >= 0.3 is 11.9 Å². The Morgan fingerprint density at radius 1 is 1.00 bits per heavy atom. The van der Waals surface area contributed by atoms with Crippen molar-refractivity contribution in [1.82, 2.24) is 0 Å². The zero-order valence-corrected chi connectivity index (χ0v) is 11.3. The normalized spacial score (nSPS) is 10.0. The maximum Gasteiger partial charge on any atom is 0.348 e. The summed E-state index contributed by atoms with van der Waals surface area (Å²) in [5.41, 5.74) is 1.17. The van der Waals surface area contributed by atoms with E-state index in [0.29, 0.717) is 0 Å². The van der Waals surface area contributed by atoms with Gasteiger partial charge in [0.25, 0.3) is 0 Å². The molecule has 2 rings (SSSR count). The second-order valence-corrected chi connectivity index (χ2v) is 4.75. The van der Waals surface area contributed by atoms with Crippen molar-refractivity contribution in [3.05, 3.63) is 46.8 Å². The third kappa shape index (κ3) is 2.66. The molecule has 1 heterocycles. The van der Waals surface area contributed by atoms with Crippen LogP contribution in [0, 0.1) is 0 Å². The summed E-state index contributed by atoms with van der Waals surface area (Å²) in [5.74, 6) is -1.08. The SMILES string of the molecule is COC(=O)c1cc(-c2ccccc2)sc1C(=O)OC. The van der Waals surface area contributed by atoms with Gasteiger partial charge in [0.05, 0.1) is 19.8 Å². The van der Waals surface area contributed by atoms with Crippen LogP contribution in [-0.2, 0) is 9.47 Å². The zero-order valence-electron chi connectivity index (χ0n) is 10.5. The number of benzene rings is 1. The van der Waals surface area contributed by atoms with E-state index in [4.69, 9.17) is 0 Å². The molecule has 0 fully saturated rings. The fourth-order valence-corrected chi connectivity index (χ4v) is 2.71. The summed E-state index contributed by atoms with van der Waals surface area (Å²) in [6, 6.07) is 11.2. The number of carbonyl (C=O) groups excluding carboxylic acids is 2. The number of carbonyl (C=O) groups is 2. The van der Waals surface area contributed by atoms with Crippen molar-refractivity contribution in [2.24, 2.45) is 0 Å². The van der Waals surface area contributed by atoms with Crippen LogP contribution in [-0.4, -0.2) is 26.2 Å². The van der Waals surface area contributed by atoms with E-state index in [-0.39, 0.29) is 10.4 Å². The van der Waals surface area contributed by atoms with Crippen molar-refractivity contribution in [2.75, 3.05) is 14.2 Å². The van der Waals surface area contributed by atoms with Gasteiger partial charge in [0.1, 0.15) is 4.88 Å². The topological polar surface area (TPSA) is 52.6 Å². The summed E-state index contributed by atoms with van der Waals surface area (Å²) in [4.78, 5) is 24.4. The van der Waals surface area contributed by atoms with Crippen LogP contribution in [0.15, 0.2) is 36.4 Å². The van der Waals surface area contributed by atoms with Crippen molar-refractivity contribution in [1.29, 1.82) is 0 Å². The van der Waals surface area contributed by atoms with E-state index >= 15 is 0 Å². The Labute approximate surface area is 114 Å². The fourth-order valence-electron chi connectivity index (χ4n) is 1.64. The number of hydrogen-bond acceptors (Lipinski definition) is 5. The van der Waals surface area contributed by atoms with Crippen molar-refractivity contribution in [3.63, 3.8) is 0 Å². The van der Waals surface area contributed by atoms with Gasteiger partial charge < -0.3 is 9.47 Å². The molecular weight excluding hydrogens is 264 g/mol. The van der Waals surface area contributed by atoms with Crippen LogP contribution in [0.5, 0.6) is 0 Å². The van der Waals surface area contributed by atoms with Gasteiger partial charge in [-0.2, -0.15) is 0 Å². The molecule has 0 unspecified atom stereocenters. The minimum Gasteiger partial charge on any atom is -0.465 e. The number of methoxy groups -OCH3 is 2. The second-order valence-electron chi connectivity index (χ2n) is 3.70. The van der Waals surface area contributed by atoms with Crippen LogP contribution in [0.1, 0.15) is 20.0 Å². The number of ether oxygens (including phenoxy) is 2. The van der Waals surface area contributed by atoms with E-state index in [9.17, 15) is 9.59 Å². The lowest BCUT2D eigenvalue weighted by Gasteiger charge is -1.99. The molecule has 19 heavy (non-hydrogen) atoms. The fraction of sp³-hybridized carbons (Fsp3) is 0.143. The highest BCUT2D eigenvalue weighted by molar-refractivity contribution is 7.17. The minimum absolute atomic E-state index is 0.234. The van der Waals surface area contributed by atoms with Gasteiger partial charge in [-0.05, 0) is 11.6 Å². The lowest BCUT2D eigenvalue weighted by molar-refractivity contribution is 0.0560. The smallest absolute Gasteiger partial charge is 0.348 e. The predicted octanol–water partition coefficient (Wildman–Crippen LogP) is 2.99. The Bertz CT molecular complexity index is 568. The highest BCUT2D eigenvalue weighted by Gasteiger charge is 2.23. The van der Waals surface area contributed by atoms with Gasteiger partial charge in [-0.1, -0.05) is 30.3 Å². The molecule has 98 valence electrons. The third-order valence-corrected chi connectivity index (χ3v) is 3.73. The van der Waals surface area contributed by atoms with Crippen molar-refractivity contribution in [3.8, 4) is 10.4 Å². The van der Waals surface area contributed by atoms with Gasteiger partial charge in [-0.25, -0.2) is 9.59 Å². The summed E-state index contributed by atoms with van der Waals surface area (Å²) in [5, 5.41) is 0. The molecule has 0 N–H and O–H groups in total. The summed E-state index contributed by atoms with van der Waals surface area (Å²) in [7, 11) is 2.56. The molecule has 0 saturated carbocycles. The highest BCUT2D eigenvalue weighted by Crippen LogP contribution is 2.32. The van der Waals surface area contributed by atoms with Gasteiger partial charge in [0.2, 0.25) is 0 Å². The number of thiophene rings is 1. The van der Waals surface area contributed by atoms with Crippen LogP contribution in [0.3, 0.4) is 0 Å². The molecule has 2 aromatic rings. The lowest BCUT2D eigenvalue weighted by atomic mass is 10.1. The molecule has 1 aromatic heterocycles. The number of hydrogen-bond donors (Lipinski definition) is 0. The minimum atomic E-state index is -0.543. The maximum atomic E-state index is 11.7. The second kappa shape index (κ2) is 5.67.